The average molecular weight is 455 g/mol. The Hall–Kier alpha value is -2.12. The van der Waals surface area contributed by atoms with Crippen LogP contribution in [0.25, 0.3) is 0 Å². The molecule has 0 bridgehead atoms. The largest absolute Gasteiger partial charge is 0.507 e. The maximum Gasteiger partial charge on any atom is 0.507 e. The highest BCUT2D eigenvalue weighted by molar-refractivity contribution is 7.87. The predicted octanol–water partition coefficient (Wildman–Crippen LogP) is 2.54. The minimum atomic E-state index is -4.85. The Morgan fingerprint density at radius 2 is 1.60 bits per heavy atom. The number of hydrogen-bond donors (Lipinski definition) is 2. The highest BCUT2D eigenvalue weighted by Gasteiger charge is 2.65. The monoisotopic (exact) mass is 455 g/mol. The van der Waals surface area contributed by atoms with Crippen molar-refractivity contribution in [3.8, 4) is 11.5 Å². The van der Waals surface area contributed by atoms with E-state index in [0.29, 0.717) is 25.7 Å². The fourth-order valence-electron chi connectivity index (χ4n) is 3.18. The first-order chi connectivity index (χ1) is 13.8. The van der Waals surface area contributed by atoms with E-state index in [0.717, 1.165) is 16.4 Å². The summed E-state index contributed by atoms with van der Waals surface area (Å²) < 4.78 is 88.4. The third kappa shape index (κ3) is 4.62. The van der Waals surface area contributed by atoms with Crippen LogP contribution in [0.1, 0.15) is 25.7 Å². The summed E-state index contributed by atoms with van der Waals surface area (Å²) in [5.74, 6) is -2.00. The van der Waals surface area contributed by atoms with E-state index in [1.54, 1.807) is 0 Å². The van der Waals surface area contributed by atoms with Gasteiger partial charge in [0.1, 0.15) is 0 Å². The second-order valence-electron chi connectivity index (χ2n) is 7.34. The van der Waals surface area contributed by atoms with Crippen LogP contribution in [0, 0.1) is 5.92 Å². The molecule has 0 spiro atoms. The van der Waals surface area contributed by atoms with E-state index < -0.39 is 45.8 Å². The molecule has 0 unspecified atom stereocenters. The number of hydrogen-bond acceptors (Lipinski definition) is 5. The number of rotatable bonds is 5. The van der Waals surface area contributed by atoms with Crippen molar-refractivity contribution >= 4 is 21.8 Å². The number of nitrogens with zero attached hydrogens (tertiary/aromatic N) is 1. The zero-order chi connectivity index (χ0) is 22.3. The summed E-state index contributed by atoms with van der Waals surface area (Å²) >= 11 is 0. The molecular weight excluding hydrogens is 434 g/mol. The molecule has 1 aliphatic heterocycles. The van der Waals surface area contributed by atoms with Gasteiger partial charge in [0.05, 0.1) is 0 Å². The SMILES string of the molecule is CN(C)S(=O)(=O)N[C@H]1CC[C@H](C(=O)Nc2ccc3c(c2)OC(F)(F)C(F)(F)O3)CC1. The standard InChI is InChI=1S/C17H21F4N3O5S/c1-24(2)30(26,27)23-11-5-3-10(4-6-11)15(25)22-12-7-8-13-14(9-12)29-17(20,21)16(18,19)28-13/h7-11,23H,3-6H2,1-2H3,(H,22,25)/t10-,11-. The molecule has 0 atom stereocenters. The first kappa shape index (κ1) is 22.6. The summed E-state index contributed by atoms with van der Waals surface area (Å²) in [6.45, 7) is 0. The lowest BCUT2D eigenvalue weighted by molar-refractivity contribution is -0.391. The Kier molecular flexibility index (Phi) is 5.91. The Balaban J connectivity index is 1.59. The van der Waals surface area contributed by atoms with Gasteiger partial charge in [-0.2, -0.15) is 35.0 Å². The van der Waals surface area contributed by atoms with Crippen molar-refractivity contribution < 1.29 is 40.2 Å². The molecule has 30 heavy (non-hydrogen) atoms. The number of benzene rings is 1. The summed E-state index contributed by atoms with van der Waals surface area (Å²) in [6, 6.07) is 2.92. The maximum atomic E-state index is 13.3. The minimum Gasteiger partial charge on any atom is -0.421 e. The van der Waals surface area contributed by atoms with E-state index in [1.807, 2.05) is 0 Å². The van der Waals surface area contributed by atoms with Crippen LogP contribution >= 0.6 is 0 Å². The van der Waals surface area contributed by atoms with Gasteiger partial charge in [0, 0.05) is 37.8 Å². The second kappa shape index (κ2) is 7.85. The smallest absolute Gasteiger partial charge is 0.421 e. The minimum absolute atomic E-state index is 0.0822. The lowest BCUT2D eigenvalue weighted by Gasteiger charge is -2.32. The van der Waals surface area contributed by atoms with Gasteiger partial charge in [-0.25, -0.2) is 0 Å². The average Bonchev–Trinajstić information content (AvgIpc) is 2.62. The molecule has 1 aliphatic carbocycles. The molecule has 0 aromatic heterocycles. The van der Waals surface area contributed by atoms with Gasteiger partial charge in [-0.3, -0.25) is 4.79 Å². The van der Waals surface area contributed by atoms with E-state index in [2.05, 4.69) is 19.5 Å². The van der Waals surface area contributed by atoms with Gasteiger partial charge in [-0.1, -0.05) is 0 Å². The first-order valence-corrected chi connectivity index (χ1v) is 10.5. The number of amides is 1. The van der Waals surface area contributed by atoms with E-state index in [4.69, 9.17) is 0 Å². The van der Waals surface area contributed by atoms with Crippen LogP contribution in [-0.2, 0) is 15.0 Å². The number of carbonyl (C=O) groups is 1. The van der Waals surface area contributed by atoms with Crippen LogP contribution < -0.4 is 19.5 Å². The number of alkyl halides is 4. The molecule has 1 fully saturated rings. The number of halogens is 4. The highest BCUT2D eigenvalue weighted by Crippen LogP contribution is 2.47. The quantitative estimate of drug-likeness (QED) is 0.666. The van der Waals surface area contributed by atoms with Crippen LogP contribution in [0.4, 0.5) is 23.2 Å². The molecule has 1 heterocycles. The number of fused-ring (bicyclic) bond motifs is 1. The zero-order valence-corrected chi connectivity index (χ0v) is 16.9. The number of carbonyl (C=O) groups excluding carboxylic acids is 1. The van der Waals surface area contributed by atoms with Gasteiger partial charge in [-0.15, -0.1) is 0 Å². The molecule has 168 valence electrons. The molecule has 2 N–H and O–H groups in total. The number of anilines is 1. The van der Waals surface area contributed by atoms with Gasteiger partial charge >= 0.3 is 12.2 Å². The summed E-state index contributed by atoms with van der Waals surface area (Å²) in [6.07, 6.45) is -7.91. The van der Waals surface area contributed by atoms with E-state index in [9.17, 15) is 30.8 Å². The van der Waals surface area contributed by atoms with Crippen LogP contribution in [0.3, 0.4) is 0 Å². The fourth-order valence-corrected chi connectivity index (χ4v) is 4.05. The Morgan fingerprint density at radius 3 is 2.17 bits per heavy atom. The van der Waals surface area contributed by atoms with Crippen molar-refractivity contribution in [1.82, 2.24) is 9.03 Å². The van der Waals surface area contributed by atoms with Gasteiger partial charge in [0.25, 0.3) is 10.2 Å². The van der Waals surface area contributed by atoms with Crippen LogP contribution in [0.2, 0.25) is 0 Å². The molecule has 2 aliphatic rings. The van der Waals surface area contributed by atoms with Crippen molar-refractivity contribution in [2.75, 3.05) is 19.4 Å². The molecular formula is C17H21F4N3O5S. The third-order valence-corrected chi connectivity index (χ3v) is 6.51. The molecule has 0 radical (unpaired) electrons. The summed E-state index contributed by atoms with van der Waals surface area (Å²) in [7, 11) is -0.751. The topological polar surface area (TPSA) is 97.0 Å². The second-order valence-corrected chi connectivity index (χ2v) is 9.26. The van der Waals surface area contributed by atoms with E-state index in [1.165, 1.54) is 20.2 Å². The Bertz CT molecular complexity index is 918. The zero-order valence-electron chi connectivity index (χ0n) is 16.1. The summed E-state index contributed by atoms with van der Waals surface area (Å²) in [5.41, 5.74) is 0.0822. The molecule has 1 saturated carbocycles. The third-order valence-electron chi connectivity index (χ3n) is 4.92. The van der Waals surface area contributed by atoms with Crippen molar-refractivity contribution in [1.29, 1.82) is 0 Å². The van der Waals surface area contributed by atoms with Gasteiger partial charge in [0.15, 0.2) is 11.5 Å². The van der Waals surface area contributed by atoms with Crippen LogP contribution in [-0.4, -0.2) is 51.0 Å². The molecule has 13 heteroatoms. The lowest BCUT2D eigenvalue weighted by atomic mass is 9.86. The molecule has 1 aromatic carbocycles. The molecule has 3 rings (SSSR count). The Labute approximate surface area is 170 Å². The molecule has 8 nitrogen and oxygen atoms in total. The van der Waals surface area contributed by atoms with Crippen LogP contribution in [0.15, 0.2) is 18.2 Å². The van der Waals surface area contributed by atoms with Crippen LogP contribution in [0.5, 0.6) is 11.5 Å². The Morgan fingerprint density at radius 1 is 1.03 bits per heavy atom. The van der Waals surface area contributed by atoms with Crippen molar-refractivity contribution in [2.24, 2.45) is 5.92 Å². The van der Waals surface area contributed by atoms with Crippen molar-refractivity contribution in [3.05, 3.63) is 18.2 Å². The van der Waals surface area contributed by atoms with E-state index >= 15 is 0 Å². The number of nitrogens with one attached hydrogen (secondary N) is 2. The molecule has 1 amide bonds. The van der Waals surface area contributed by atoms with Gasteiger partial charge < -0.3 is 14.8 Å². The predicted molar refractivity (Wildman–Crippen MR) is 97.7 cm³/mol. The number of ether oxygens (including phenoxy) is 2. The highest BCUT2D eigenvalue weighted by atomic mass is 32.2. The fraction of sp³-hybridized carbons (Fsp3) is 0.588. The molecule has 0 saturated heterocycles. The first-order valence-electron chi connectivity index (χ1n) is 9.09. The van der Waals surface area contributed by atoms with Crippen molar-refractivity contribution in [3.63, 3.8) is 0 Å². The normalized spacial score (nSPS) is 25.0. The van der Waals surface area contributed by atoms with Gasteiger partial charge in [0.2, 0.25) is 5.91 Å². The summed E-state index contributed by atoms with van der Waals surface area (Å²) in [5, 5.41) is 2.54. The maximum absolute atomic E-state index is 13.3. The van der Waals surface area contributed by atoms with Crippen molar-refractivity contribution in [2.45, 2.75) is 43.9 Å². The molecule has 1 aromatic rings. The van der Waals surface area contributed by atoms with Gasteiger partial charge in [-0.05, 0) is 37.8 Å². The van der Waals surface area contributed by atoms with E-state index in [-0.39, 0.29) is 11.7 Å². The summed E-state index contributed by atoms with van der Waals surface area (Å²) in [4.78, 5) is 12.5. The lowest BCUT2D eigenvalue weighted by Crippen LogP contribution is -2.52.